The van der Waals surface area contributed by atoms with Crippen LogP contribution in [0.2, 0.25) is 0 Å². The Morgan fingerprint density at radius 3 is 2.83 bits per heavy atom. The van der Waals surface area contributed by atoms with Crippen molar-refractivity contribution >= 4 is 23.5 Å². The van der Waals surface area contributed by atoms with Gasteiger partial charge in [-0.05, 0) is 19.3 Å². The highest BCUT2D eigenvalue weighted by Gasteiger charge is 2.35. The van der Waals surface area contributed by atoms with Crippen LogP contribution in [0.3, 0.4) is 0 Å². The monoisotopic (exact) mass is 286 g/mol. The van der Waals surface area contributed by atoms with Crippen LogP contribution in [0.5, 0.6) is 0 Å². The second-order valence-corrected chi connectivity index (χ2v) is 7.52. The summed E-state index contributed by atoms with van der Waals surface area (Å²) in [6.45, 7) is 2.22. The molecular formula is C12H18N2O2S2. The van der Waals surface area contributed by atoms with Gasteiger partial charge in [0.15, 0.2) is 5.82 Å². The molecule has 0 bridgehead atoms. The number of aliphatic hydroxyl groups is 1. The van der Waals surface area contributed by atoms with Gasteiger partial charge in [0.25, 0.3) is 0 Å². The third kappa shape index (κ3) is 2.42. The Balaban J connectivity index is 1.71. The molecule has 1 aliphatic heterocycles. The average molecular weight is 286 g/mol. The van der Waals surface area contributed by atoms with Gasteiger partial charge < -0.3 is 9.63 Å². The zero-order valence-corrected chi connectivity index (χ0v) is 12.0. The van der Waals surface area contributed by atoms with E-state index in [4.69, 9.17) is 4.52 Å². The fraction of sp³-hybridized carbons (Fsp3) is 0.833. The first kappa shape index (κ1) is 12.8. The Bertz CT molecular complexity index is 407. The largest absolute Gasteiger partial charge is 0.393 e. The topological polar surface area (TPSA) is 59.2 Å². The van der Waals surface area contributed by atoms with E-state index < -0.39 is 0 Å². The Labute approximate surface area is 115 Å². The van der Waals surface area contributed by atoms with Crippen molar-refractivity contribution in [1.29, 1.82) is 0 Å². The molecule has 2 fully saturated rings. The second kappa shape index (κ2) is 5.43. The molecule has 0 aromatic carbocycles. The Kier molecular flexibility index (Phi) is 3.86. The van der Waals surface area contributed by atoms with Crippen LogP contribution in [0.4, 0.5) is 0 Å². The van der Waals surface area contributed by atoms with Crippen LogP contribution in [0.15, 0.2) is 4.52 Å². The van der Waals surface area contributed by atoms with Crippen LogP contribution in [0, 0.1) is 0 Å². The molecule has 0 radical (unpaired) electrons. The number of hydrogen-bond acceptors (Lipinski definition) is 6. The Morgan fingerprint density at radius 1 is 1.33 bits per heavy atom. The van der Waals surface area contributed by atoms with Crippen molar-refractivity contribution in [2.24, 2.45) is 0 Å². The van der Waals surface area contributed by atoms with E-state index in [-0.39, 0.29) is 12.0 Å². The highest BCUT2D eigenvalue weighted by atomic mass is 32.2. The molecule has 2 atom stereocenters. The minimum absolute atomic E-state index is 0.173. The van der Waals surface area contributed by atoms with Crippen molar-refractivity contribution in [3.8, 4) is 0 Å². The van der Waals surface area contributed by atoms with Gasteiger partial charge in [-0.1, -0.05) is 12.1 Å². The third-order valence-corrected chi connectivity index (χ3v) is 6.87. The summed E-state index contributed by atoms with van der Waals surface area (Å²) in [6.07, 6.45) is 2.51. The average Bonchev–Trinajstić information content (AvgIpc) is 2.84. The maximum absolute atomic E-state index is 9.32. The second-order valence-electron chi connectivity index (χ2n) is 4.92. The van der Waals surface area contributed by atoms with Gasteiger partial charge in [-0.2, -0.15) is 16.7 Å². The molecule has 2 unspecified atom stereocenters. The molecule has 100 valence electrons. The normalized spacial score (nSPS) is 36.3. The molecule has 18 heavy (non-hydrogen) atoms. The molecule has 1 aliphatic carbocycles. The lowest BCUT2D eigenvalue weighted by atomic mass is 9.82. The number of aliphatic hydroxyl groups excluding tert-OH is 1. The lowest BCUT2D eigenvalue weighted by Gasteiger charge is -2.28. The first-order valence-electron chi connectivity index (χ1n) is 6.52. The molecule has 1 saturated carbocycles. The van der Waals surface area contributed by atoms with E-state index in [9.17, 15) is 5.11 Å². The molecule has 6 heteroatoms. The molecule has 3 rings (SSSR count). The van der Waals surface area contributed by atoms with Crippen molar-refractivity contribution in [1.82, 2.24) is 10.1 Å². The van der Waals surface area contributed by atoms with E-state index in [0.29, 0.717) is 10.5 Å². The van der Waals surface area contributed by atoms with E-state index in [1.807, 2.05) is 23.5 Å². The van der Waals surface area contributed by atoms with Gasteiger partial charge in [0, 0.05) is 22.7 Å². The fourth-order valence-corrected chi connectivity index (χ4v) is 5.44. The molecule has 2 aliphatic rings. The summed E-state index contributed by atoms with van der Waals surface area (Å²) in [5.41, 5.74) is 0. The van der Waals surface area contributed by atoms with Crippen LogP contribution in [0.1, 0.15) is 49.1 Å². The van der Waals surface area contributed by atoms with Crippen molar-refractivity contribution in [3.63, 3.8) is 0 Å². The van der Waals surface area contributed by atoms with Crippen molar-refractivity contribution < 1.29 is 9.63 Å². The summed E-state index contributed by atoms with van der Waals surface area (Å²) in [7, 11) is 0. The predicted octanol–water partition coefficient (Wildman–Crippen LogP) is 2.61. The summed E-state index contributed by atoms with van der Waals surface area (Å²) in [6, 6.07) is 0. The van der Waals surface area contributed by atoms with Gasteiger partial charge in [0.2, 0.25) is 5.89 Å². The summed E-state index contributed by atoms with van der Waals surface area (Å²) in [5, 5.41) is 14.5. The van der Waals surface area contributed by atoms with E-state index >= 15 is 0 Å². The molecule has 1 aromatic rings. The predicted molar refractivity (Wildman–Crippen MR) is 74.0 cm³/mol. The lowest BCUT2D eigenvalue weighted by molar-refractivity contribution is 0.0625. The molecule has 2 heterocycles. The zero-order chi connectivity index (χ0) is 12.5. The van der Waals surface area contributed by atoms with Crippen LogP contribution >= 0.6 is 23.5 Å². The minimum atomic E-state index is -0.173. The van der Waals surface area contributed by atoms with Gasteiger partial charge in [-0.15, -0.1) is 11.8 Å². The maximum atomic E-state index is 9.32. The quantitative estimate of drug-likeness (QED) is 0.921. The molecule has 0 amide bonds. The third-order valence-electron chi connectivity index (χ3n) is 3.63. The summed E-state index contributed by atoms with van der Waals surface area (Å²) < 4.78 is 5.37. The number of hydrogen-bond donors (Lipinski definition) is 1. The van der Waals surface area contributed by atoms with Crippen molar-refractivity contribution in [2.75, 3.05) is 11.5 Å². The SMILES string of the molecule is CCC1SCCSC1c1noc(C2CC(O)C2)n1. The van der Waals surface area contributed by atoms with Gasteiger partial charge in [0.05, 0.1) is 11.4 Å². The number of thioether (sulfide) groups is 2. The van der Waals surface area contributed by atoms with Crippen molar-refractivity contribution in [3.05, 3.63) is 11.7 Å². The smallest absolute Gasteiger partial charge is 0.229 e. The highest BCUT2D eigenvalue weighted by molar-refractivity contribution is 8.06. The lowest BCUT2D eigenvalue weighted by Crippen LogP contribution is -2.26. The van der Waals surface area contributed by atoms with E-state index in [0.717, 1.165) is 36.7 Å². The van der Waals surface area contributed by atoms with E-state index in [2.05, 4.69) is 17.1 Å². The fourth-order valence-electron chi connectivity index (χ4n) is 2.46. The van der Waals surface area contributed by atoms with Gasteiger partial charge in [0.1, 0.15) is 0 Å². The van der Waals surface area contributed by atoms with Crippen LogP contribution in [-0.4, -0.2) is 38.1 Å². The first-order valence-corrected chi connectivity index (χ1v) is 8.62. The minimum Gasteiger partial charge on any atom is -0.393 e. The zero-order valence-electron chi connectivity index (χ0n) is 10.4. The van der Waals surface area contributed by atoms with Crippen LogP contribution < -0.4 is 0 Å². The number of rotatable bonds is 3. The van der Waals surface area contributed by atoms with Crippen LogP contribution in [-0.2, 0) is 0 Å². The molecule has 4 nitrogen and oxygen atoms in total. The Morgan fingerprint density at radius 2 is 2.11 bits per heavy atom. The van der Waals surface area contributed by atoms with E-state index in [1.54, 1.807) is 0 Å². The van der Waals surface area contributed by atoms with Crippen molar-refractivity contribution in [2.45, 2.75) is 48.7 Å². The number of nitrogens with zero attached hydrogens (tertiary/aromatic N) is 2. The Hall–Kier alpha value is -0.200. The molecule has 1 saturated heterocycles. The maximum Gasteiger partial charge on any atom is 0.229 e. The van der Waals surface area contributed by atoms with Gasteiger partial charge in [-0.3, -0.25) is 0 Å². The van der Waals surface area contributed by atoms with Gasteiger partial charge in [-0.25, -0.2) is 0 Å². The highest BCUT2D eigenvalue weighted by Crippen LogP contribution is 2.44. The van der Waals surface area contributed by atoms with Gasteiger partial charge >= 0.3 is 0 Å². The molecule has 1 aromatic heterocycles. The summed E-state index contributed by atoms with van der Waals surface area (Å²) in [5.74, 6) is 4.25. The van der Waals surface area contributed by atoms with Crippen LogP contribution in [0.25, 0.3) is 0 Å². The standard InChI is InChI=1S/C12H18N2O2S2/c1-2-9-10(18-4-3-17-9)11-13-12(16-14-11)7-5-8(15)6-7/h7-10,15H,2-6H2,1H3. The number of aromatic nitrogens is 2. The molecule has 1 N–H and O–H groups in total. The molecule has 0 spiro atoms. The summed E-state index contributed by atoms with van der Waals surface area (Å²) in [4.78, 5) is 4.57. The molecular weight excluding hydrogens is 268 g/mol. The first-order chi connectivity index (χ1) is 8.78. The van der Waals surface area contributed by atoms with E-state index in [1.165, 1.54) is 5.75 Å². The summed E-state index contributed by atoms with van der Waals surface area (Å²) >= 11 is 3.97.